The summed E-state index contributed by atoms with van der Waals surface area (Å²) in [7, 11) is -4.73. The Hall–Kier alpha value is -4.67. The van der Waals surface area contributed by atoms with Crippen molar-refractivity contribution in [2.45, 2.75) is 54.4 Å². The van der Waals surface area contributed by atoms with Crippen LogP contribution in [0.5, 0.6) is 23.0 Å². The molecular weight excluding hydrogens is 761 g/mol. The van der Waals surface area contributed by atoms with Crippen molar-refractivity contribution in [3.63, 3.8) is 0 Å². The van der Waals surface area contributed by atoms with Crippen LogP contribution in [0.25, 0.3) is 0 Å². The number of phenols is 1. The predicted molar refractivity (Wildman–Crippen MR) is 213 cm³/mol. The summed E-state index contributed by atoms with van der Waals surface area (Å²) in [5.41, 5.74) is 2.67. The molecule has 3 atom stereocenters. The van der Waals surface area contributed by atoms with Gasteiger partial charge in [-0.15, -0.1) is 0 Å². The Morgan fingerprint density at radius 1 is 0.964 bits per heavy atom. The highest BCUT2D eigenvalue weighted by molar-refractivity contribution is 7.90. The van der Waals surface area contributed by atoms with E-state index in [-0.39, 0.29) is 41.1 Å². The maximum atomic E-state index is 11.9. The van der Waals surface area contributed by atoms with Gasteiger partial charge in [0.2, 0.25) is 0 Å². The van der Waals surface area contributed by atoms with Gasteiger partial charge in [-0.05, 0) is 79.9 Å². The number of rotatable bonds is 17. The fraction of sp³-hybridized carbons (Fsp3) is 0.390. The number of phenolic OH excluding ortho intramolecular Hbond substituents is 1. The minimum Gasteiger partial charge on any atom is -0.507 e. The van der Waals surface area contributed by atoms with Gasteiger partial charge in [0.15, 0.2) is 9.84 Å². The molecule has 4 aromatic rings. The summed E-state index contributed by atoms with van der Waals surface area (Å²) in [4.78, 5) is 14.5. The van der Waals surface area contributed by atoms with Gasteiger partial charge >= 0.3 is 5.97 Å². The van der Waals surface area contributed by atoms with Crippen LogP contribution in [0.1, 0.15) is 35.7 Å². The lowest BCUT2D eigenvalue weighted by Crippen LogP contribution is -2.45. The molecule has 2 fully saturated rings. The van der Waals surface area contributed by atoms with Gasteiger partial charge in [-0.2, -0.15) is 0 Å². The fourth-order valence-electron chi connectivity index (χ4n) is 5.81. The average Bonchev–Trinajstić information content (AvgIpc) is 4.04. The fourth-order valence-corrected chi connectivity index (χ4v) is 7.28. The Morgan fingerprint density at radius 3 is 2.29 bits per heavy atom. The van der Waals surface area contributed by atoms with E-state index >= 15 is 0 Å². The molecule has 2 heterocycles. The third-order valence-corrected chi connectivity index (χ3v) is 11.0. The van der Waals surface area contributed by atoms with Gasteiger partial charge in [-0.3, -0.25) is 4.21 Å². The molecule has 2 unspecified atom stereocenters. The second kappa shape index (κ2) is 20.5. The minimum atomic E-state index is -3.58. The van der Waals surface area contributed by atoms with Crippen LogP contribution in [0.3, 0.4) is 0 Å². The molecule has 2 aliphatic heterocycles. The quantitative estimate of drug-likeness (QED) is 0.0987. The average molecular weight is 811 g/mol. The zero-order valence-electron chi connectivity index (χ0n) is 31.8. The molecule has 15 heteroatoms. The van der Waals surface area contributed by atoms with Gasteiger partial charge < -0.3 is 44.1 Å². The number of carbonyl (C=O) groups excluding carboxylic acids is 1. The van der Waals surface area contributed by atoms with Crippen molar-refractivity contribution in [2.24, 2.45) is 0 Å². The number of ether oxygens (including phenoxy) is 5. The summed E-state index contributed by atoms with van der Waals surface area (Å²) in [6.45, 7) is 5.90. The molecule has 6 rings (SSSR count). The van der Waals surface area contributed by atoms with Crippen molar-refractivity contribution in [2.75, 3.05) is 63.5 Å². The molecule has 56 heavy (non-hydrogen) atoms. The number of piperidine rings is 1. The summed E-state index contributed by atoms with van der Waals surface area (Å²) in [5, 5.41) is 23.3. The molecule has 0 saturated carbocycles. The molecule has 0 aliphatic carbocycles. The van der Waals surface area contributed by atoms with Crippen LogP contribution < -0.4 is 24.4 Å². The highest BCUT2D eigenvalue weighted by atomic mass is 32.2. The molecule has 13 nitrogen and oxygen atoms in total. The molecule has 0 bridgehead atoms. The number of epoxide rings is 1. The number of benzene rings is 4. The number of aliphatic hydroxyl groups is 1. The van der Waals surface area contributed by atoms with Crippen molar-refractivity contribution in [1.82, 2.24) is 5.32 Å². The zero-order valence-corrected chi connectivity index (χ0v) is 33.4. The Labute approximate surface area is 330 Å². The molecule has 0 spiro atoms. The van der Waals surface area contributed by atoms with E-state index in [4.69, 9.17) is 23.7 Å². The molecule has 2 aliphatic rings. The largest absolute Gasteiger partial charge is 0.507 e. The van der Waals surface area contributed by atoms with Crippen molar-refractivity contribution < 1.29 is 51.3 Å². The van der Waals surface area contributed by atoms with E-state index in [9.17, 15) is 27.6 Å². The van der Waals surface area contributed by atoms with E-state index < -0.39 is 26.7 Å². The first-order valence-corrected chi connectivity index (χ1v) is 21.8. The molecule has 4 aromatic carbocycles. The Kier molecular flexibility index (Phi) is 15.5. The summed E-state index contributed by atoms with van der Waals surface area (Å²) >= 11 is 0. The molecule has 2 saturated heterocycles. The highest BCUT2D eigenvalue weighted by Crippen LogP contribution is 2.29. The van der Waals surface area contributed by atoms with Crippen LogP contribution >= 0.6 is 0 Å². The molecule has 0 radical (unpaired) electrons. The number of nitrogens with one attached hydrogen (secondary N) is 1. The number of aromatic hydroxyl groups is 1. The van der Waals surface area contributed by atoms with Gasteiger partial charge in [0, 0.05) is 49.9 Å². The third kappa shape index (κ3) is 13.2. The third-order valence-electron chi connectivity index (χ3n) is 8.95. The first-order chi connectivity index (χ1) is 26.9. The first-order valence-electron chi connectivity index (χ1n) is 18.4. The van der Waals surface area contributed by atoms with E-state index in [0.717, 1.165) is 50.0 Å². The standard InChI is InChI=1S/C24H32N2O7S.C17H18O4S/c1-3-32-24(29)17-4-6-19(7-5-17)26-12-10-18(11-13-26)25-15-20(27)16-33-21-8-9-22(28)23(14-21)34(2,30)31;1-22(18)17-9-14(19-11-15-12-20-15)7-8-16(17)21-10-13-5-3-2-4-6-13/h4-9,14,18,20,25,27-28H,3,10-13,15-16H2,1-2H3;2-9,15H,10-12H2,1H3/t20-;/m0./s1. The SMILES string of the molecule is CCOC(=O)c1ccc(N2CCC(NC[C@H](O)COc3ccc(O)c(S(C)(=O)=O)c3)CC2)cc1.CS(=O)c1cc(OCC2CO2)ccc1OCc1ccccc1. The van der Waals surface area contributed by atoms with Crippen molar-refractivity contribution >= 4 is 32.3 Å². The van der Waals surface area contributed by atoms with E-state index in [1.54, 1.807) is 31.4 Å². The lowest BCUT2D eigenvalue weighted by Gasteiger charge is -2.34. The summed E-state index contributed by atoms with van der Waals surface area (Å²) < 4.78 is 62.4. The number of anilines is 1. The lowest BCUT2D eigenvalue weighted by molar-refractivity contribution is 0.0526. The summed E-state index contributed by atoms with van der Waals surface area (Å²) in [6.07, 6.45) is 3.88. The Morgan fingerprint density at radius 2 is 1.64 bits per heavy atom. The van der Waals surface area contributed by atoms with Crippen LogP contribution in [0.4, 0.5) is 5.69 Å². The van der Waals surface area contributed by atoms with Gasteiger partial charge in [0.1, 0.15) is 59.9 Å². The molecule has 0 aromatic heterocycles. The Bertz CT molecular complexity index is 2000. The maximum Gasteiger partial charge on any atom is 0.338 e. The minimum absolute atomic E-state index is 0.00730. The number of nitrogens with zero attached hydrogens (tertiary/aromatic N) is 1. The molecule has 3 N–H and O–H groups in total. The van der Waals surface area contributed by atoms with Gasteiger partial charge in [-0.25, -0.2) is 13.2 Å². The van der Waals surface area contributed by atoms with Crippen LogP contribution in [0, 0.1) is 0 Å². The number of aliphatic hydroxyl groups excluding tert-OH is 1. The first kappa shape index (κ1) is 42.5. The van der Waals surface area contributed by atoms with E-state index in [2.05, 4.69) is 10.2 Å². The van der Waals surface area contributed by atoms with Crippen molar-refractivity contribution in [1.29, 1.82) is 0 Å². The highest BCUT2D eigenvalue weighted by Gasteiger charge is 2.24. The van der Waals surface area contributed by atoms with Gasteiger partial charge in [-0.1, -0.05) is 30.3 Å². The second-order valence-corrected chi connectivity index (χ2v) is 16.7. The van der Waals surface area contributed by atoms with Crippen molar-refractivity contribution in [3.05, 3.63) is 102 Å². The van der Waals surface area contributed by atoms with Crippen LogP contribution in [-0.2, 0) is 36.7 Å². The lowest BCUT2D eigenvalue weighted by atomic mass is 10.0. The zero-order chi connectivity index (χ0) is 40.1. The van der Waals surface area contributed by atoms with Crippen LogP contribution in [0.2, 0.25) is 0 Å². The normalized spacial score (nSPS) is 16.5. The van der Waals surface area contributed by atoms with Crippen LogP contribution in [0.15, 0.2) is 101 Å². The maximum absolute atomic E-state index is 11.9. The van der Waals surface area contributed by atoms with E-state index in [1.165, 1.54) is 18.2 Å². The van der Waals surface area contributed by atoms with E-state index in [1.807, 2.05) is 54.6 Å². The Balaban J connectivity index is 0.000000234. The number of carbonyl (C=O) groups is 1. The number of hydrogen-bond donors (Lipinski definition) is 3. The second-order valence-electron chi connectivity index (χ2n) is 13.4. The molecule has 302 valence electrons. The molecule has 0 amide bonds. The topological polar surface area (TPSA) is 173 Å². The summed E-state index contributed by atoms with van der Waals surface area (Å²) in [5.74, 6) is 0.922. The predicted octanol–water partition coefficient (Wildman–Crippen LogP) is 4.75. The number of esters is 1. The van der Waals surface area contributed by atoms with E-state index in [0.29, 0.717) is 48.3 Å². The molecular formula is C41H50N2O11S2. The monoisotopic (exact) mass is 810 g/mol. The summed E-state index contributed by atoms with van der Waals surface area (Å²) in [6, 6.07) is 26.9. The van der Waals surface area contributed by atoms with Crippen LogP contribution in [-0.4, -0.2) is 106 Å². The smallest absolute Gasteiger partial charge is 0.338 e. The van der Waals surface area contributed by atoms with Gasteiger partial charge in [0.05, 0.1) is 34.5 Å². The van der Waals surface area contributed by atoms with Gasteiger partial charge in [0.25, 0.3) is 0 Å². The van der Waals surface area contributed by atoms with Crippen molar-refractivity contribution in [3.8, 4) is 23.0 Å². The number of sulfone groups is 1. The number of hydrogen-bond acceptors (Lipinski definition) is 13.